The molecule has 1 unspecified atom stereocenters. The summed E-state index contributed by atoms with van der Waals surface area (Å²) in [6.07, 6.45) is 4.97. The van der Waals surface area contributed by atoms with E-state index in [-0.39, 0.29) is 0 Å². The fraction of sp³-hybridized carbons (Fsp3) is 0.600. The number of aliphatic hydroxyl groups excluding tert-OH is 1. The van der Waals surface area contributed by atoms with Crippen molar-refractivity contribution in [2.45, 2.75) is 31.8 Å². The zero-order valence-corrected chi connectivity index (χ0v) is 10.8. The van der Waals surface area contributed by atoms with Crippen LogP contribution in [0.5, 0.6) is 5.75 Å². The molecule has 1 fully saturated rings. The van der Waals surface area contributed by atoms with Gasteiger partial charge in [-0.25, -0.2) is 0 Å². The highest BCUT2D eigenvalue weighted by molar-refractivity contribution is 5.20. The molecule has 0 saturated heterocycles. The zero-order valence-electron chi connectivity index (χ0n) is 10.8. The zero-order chi connectivity index (χ0) is 12.6. The summed E-state index contributed by atoms with van der Waals surface area (Å²) >= 11 is 0. The van der Waals surface area contributed by atoms with Crippen LogP contribution in [0.4, 0.5) is 0 Å². The Hall–Kier alpha value is -1.06. The van der Waals surface area contributed by atoms with Crippen molar-refractivity contribution in [2.75, 3.05) is 19.7 Å². The molecule has 1 aliphatic rings. The average Bonchev–Trinajstić information content (AvgIpc) is 3.21. The lowest BCUT2D eigenvalue weighted by Crippen LogP contribution is -2.32. The Kier molecular flexibility index (Phi) is 5.49. The van der Waals surface area contributed by atoms with Crippen LogP contribution in [0.25, 0.3) is 0 Å². The first kappa shape index (κ1) is 13.4. The number of ether oxygens (including phenoxy) is 1. The Labute approximate surface area is 109 Å². The maximum Gasteiger partial charge on any atom is 0.119 e. The largest absolute Gasteiger partial charge is 0.491 e. The highest BCUT2D eigenvalue weighted by atomic mass is 16.5. The van der Waals surface area contributed by atoms with Crippen LogP contribution in [-0.2, 0) is 0 Å². The van der Waals surface area contributed by atoms with Gasteiger partial charge in [-0.15, -0.1) is 0 Å². The summed E-state index contributed by atoms with van der Waals surface area (Å²) in [6.45, 7) is 1.95. The standard InChI is InChI=1S/C15H23NO2/c17-14(11-16-10-4-5-13-8-9-13)12-18-15-6-2-1-3-7-15/h1-3,6-7,13-14,16-17H,4-5,8-12H2. The number of para-hydroxylation sites is 1. The van der Waals surface area contributed by atoms with Gasteiger partial charge in [0.2, 0.25) is 0 Å². The molecule has 0 aromatic heterocycles. The van der Waals surface area contributed by atoms with Crippen LogP contribution in [-0.4, -0.2) is 30.9 Å². The molecular weight excluding hydrogens is 226 g/mol. The van der Waals surface area contributed by atoms with E-state index in [1.807, 2.05) is 30.3 Å². The summed E-state index contributed by atoms with van der Waals surface area (Å²) in [5, 5.41) is 13.0. The Balaban J connectivity index is 1.47. The van der Waals surface area contributed by atoms with Gasteiger partial charge in [0.15, 0.2) is 0 Å². The van der Waals surface area contributed by atoms with Crippen LogP contribution >= 0.6 is 0 Å². The topological polar surface area (TPSA) is 41.5 Å². The average molecular weight is 249 g/mol. The van der Waals surface area contributed by atoms with E-state index in [4.69, 9.17) is 4.74 Å². The third-order valence-corrected chi connectivity index (χ3v) is 3.23. The summed E-state index contributed by atoms with van der Waals surface area (Å²) < 4.78 is 5.48. The number of nitrogens with one attached hydrogen (secondary N) is 1. The van der Waals surface area contributed by atoms with E-state index in [1.165, 1.54) is 25.7 Å². The number of hydrogen-bond acceptors (Lipinski definition) is 3. The first-order chi connectivity index (χ1) is 8.84. The second-order valence-electron chi connectivity index (χ2n) is 5.07. The molecule has 0 radical (unpaired) electrons. The molecule has 1 saturated carbocycles. The predicted molar refractivity (Wildman–Crippen MR) is 72.8 cm³/mol. The third kappa shape index (κ3) is 5.52. The number of benzene rings is 1. The smallest absolute Gasteiger partial charge is 0.119 e. The second-order valence-corrected chi connectivity index (χ2v) is 5.07. The quantitative estimate of drug-likeness (QED) is 0.659. The molecule has 1 atom stereocenters. The van der Waals surface area contributed by atoms with Crippen LogP contribution in [0, 0.1) is 5.92 Å². The van der Waals surface area contributed by atoms with Gasteiger partial charge in [-0.05, 0) is 37.4 Å². The van der Waals surface area contributed by atoms with Crippen LogP contribution < -0.4 is 10.1 Å². The monoisotopic (exact) mass is 249 g/mol. The van der Waals surface area contributed by atoms with Crippen molar-refractivity contribution in [3.8, 4) is 5.75 Å². The Morgan fingerprint density at radius 3 is 2.78 bits per heavy atom. The summed E-state index contributed by atoms with van der Waals surface area (Å²) in [5.41, 5.74) is 0. The van der Waals surface area contributed by atoms with Crippen molar-refractivity contribution in [1.82, 2.24) is 5.32 Å². The molecule has 100 valence electrons. The molecule has 3 nitrogen and oxygen atoms in total. The molecule has 2 rings (SSSR count). The van der Waals surface area contributed by atoms with E-state index >= 15 is 0 Å². The number of rotatable bonds is 9. The SMILES string of the molecule is OC(CNCCCC1CC1)COc1ccccc1. The van der Waals surface area contributed by atoms with Crippen molar-refractivity contribution >= 4 is 0 Å². The number of aliphatic hydroxyl groups is 1. The summed E-state index contributed by atoms with van der Waals surface area (Å²) in [6, 6.07) is 9.60. The van der Waals surface area contributed by atoms with E-state index in [0.717, 1.165) is 18.2 Å². The summed E-state index contributed by atoms with van der Waals surface area (Å²) in [4.78, 5) is 0. The lowest BCUT2D eigenvalue weighted by atomic mass is 10.2. The maximum atomic E-state index is 9.74. The van der Waals surface area contributed by atoms with Gasteiger partial charge in [0.1, 0.15) is 18.5 Å². The lowest BCUT2D eigenvalue weighted by Gasteiger charge is -2.13. The fourth-order valence-electron chi connectivity index (χ4n) is 1.96. The summed E-state index contributed by atoms with van der Waals surface area (Å²) in [7, 11) is 0. The third-order valence-electron chi connectivity index (χ3n) is 3.23. The molecule has 0 bridgehead atoms. The van der Waals surface area contributed by atoms with Crippen molar-refractivity contribution in [2.24, 2.45) is 5.92 Å². The van der Waals surface area contributed by atoms with Gasteiger partial charge in [-0.2, -0.15) is 0 Å². The van der Waals surface area contributed by atoms with Crippen LogP contribution in [0.15, 0.2) is 30.3 Å². The minimum atomic E-state index is -0.439. The molecule has 2 N–H and O–H groups in total. The molecule has 1 aromatic rings. The molecule has 18 heavy (non-hydrogen) atoms. The van der Waals surface area contributed by atoms with Crippen LogP contribution in [0.1, 0.15) is 25.7 Å². The second kappa shape index (κ2) is 7.39. The Morgan fingerprint density at radius 1 is 1.28 bits per heavy atom. The van der Waals surface area contributed by atoms with Crippen molar-refractivity contribution in [3.05, 3.63) is 30.3 Å². The first-order valence-corrected chi connectivity index (χ1v) is 6.91. The van der Waals surface area contributed by atoms with Gasteiger partial charge in [-0.3, -0.25) is 0 Å². The first-order valence-electron chi connectivity index (χ1n) is 6.91. The van der Waals surface area contributed by atoms with Gasteiger partial charge in [0, 0.05) is 6.54 Å². The van der Waals surface area contributed by atoms with Crippen molar-refractivity contribution < 1.29 is 9.84 Å². The minimum absolute atomic E-state index is 0.347. The molecule has 0 spiro atoms. The molecule has 1 aliphatic carbocycles. The molecule has 1 aromatic carbocycles. The molecule has 3 heteroatoms. The van der Waals surface area contributed by atoms with E-state index in [2.05, 4.69) is 5.32 Å². The molecule has 0 heterocycles. The number of hydrogen-bond donors (Lipinski definition) is 2. The normalized spacial score (nSPS) is 16.5. The van der Waals surface area contributed by atoms with E-state index in [9.17, 15) is 5.11 Å². The maximum absolute atomic E-state index is 9.74. The van der Waals surface area contributed by atoms with Gasteiger partial charge in [-0.1, -0.05) is 31.0 Å². The van der Waals surface area contributed by atoms with Crippen molar-refractivity contribution in [1.29, 1.82) is 0 Å². The Morgan fingerprint density at radius 2 is 2.06 bits per heavy atom. The summed E-state index contributed by atoms with van der Waals surface area (Å²) in [5.74, 6) is 1.81. The van der Waals surface area contributed by atoms with Gasteiger partial charge in [0.25, 0.3) is 0 Å². The highest BCUT2D eigenvalue weighted by Gasteiger charge is 2.19. The van der Waals surface area contributed by atoms with Gasteiger partial charge in [0.05, 0.1) is 0 Å². The van der Waals surface area contributed by atoms with Gasteiger partial charge < -0.3 is 15.2 Å². The lowest BCUT2D eigenvalue weighted by molar-refractivity contribution is 0.106. The van der Waals surface area contributed by atoms with Crippen molar-refractivity contribution in [3.63, 3.8) is 0 Å². The van der Waals surface area contributed by atoms with E-state index < -0.39 is 6.10 Å². The fourth-order valence-corrected chi connectivity index (χ4v) is 1.96. The highest BCUT2D eigenvalue weighted by Crippen LogP contribution is 2.33. The molecule has 0 amide bonds. The van der Waals surface area contributed by atoms with Gasteiger partial charge >= 0.3 is 0 Å². The predicted octanol–water partition coefficient (Wildman–Crippen LogP) is 2.21. The molecule has 0 aliphatic heterocycles. The molecular formula is C15H23NO2. The Bertz CT molecular complexity index is 325. The minimum Gasteiger partial charge on any atom is -0.491 e. The van der Waals surface area contributed by atoms with E-state index in [1.54, 1.807) is 0 Å². The van der Waals surface area contributed by atoms with Crippen LogP contribution in [0.2, 0.25) is 0 Å². The van der Waals surface area contributed by atoms with E-state index in [0.29, 0.717) is 13.2 Å². The van der Waals surface area contributed by atoms with Crippen LogP contribution in [0.3, 0.4) is 0 Å².